The zero-order chi connectivity index (χ0) is 21.1. The monoisotopic (exact) mass is 398 g/mol. The summed E-state index contributed by atoms with van der Waals surface area (Å²) in [5.41, 5.74) is 3.04. The van der Waals surface area contributed by atoms with Gasteiger partial charge in [0.1, 0.15) is 5.75 Å². The highest BCUT2D eigenvalue weighted by atomic mass is 16.6. The lowest BCUT2D eigenvalue weighted by Gasteiger charge is -2.07. The quantitative estimate of drug-likeness (QED) is 0.276. The average Bonchev–Trinajstić information content (AvgIpc) is 2.73. The van der Waals surface area contributed by atoms with Crippen molar-refractivity contribution in [3.8, 4) is 5.75 Å². The highest BCUT2D eigenvalue weighted by Gasteiger charge is 2.08. The molecule has 2 rings (SSSR count). The minimum atomic E-state index is -0.528. The maximum absolute atomic E-state index is 12.1. The van der Waals surface area contributed by atoms with Crippen molar-refractivity contribution in [3.63, 3.8) is 0 Å². The molecule has 0 aliphatic carbocycles. The summed E-state index contributed by atoms with van der Waals surface area (Å²) in [5, 5.41) is 16.9. The molecule has 0 fully saturated rings. The van der Waals surface area contributed by atoms with Gasteiger partial charge in [0, 0.05) is 23.3 Å². The van der Waals surface area contributed by atoms with Gasteiger partial charge in [-0.2, -0.15) is 5.10 Å². The van der Waals surface area contributed by atoms with E-state index in [1.54, 1.807) is 30.3 Å². The van der Waals surface area contributed by atoms with Crippen LogP contribution in [0.1, 0.15) is 35.7 Å². The highest BCUT2D eigenvalue weighted by Crippen LogP contribution is 2.13. The Labute approximate surface area is 167 Å². The van der Waals surface area contributed by atoms with Crippen LogP contribution in [0.5, 0.6) is 5.75 Å². The molecular weight excluding hydrogens is 376 g/mol. The summed E-state index contributed by atoms with van der Waals surface area (Å²) in [6.45, 7) is 2.44. The van der Waals surface area contributed by atoms with Crippen molar-refractivity contribution in [3.05, 3.63) is 69.8 Å². The lowest BCUT2D eigenvalue weighted by molar-refractivity contribution is -0.384. The maximum atomic E-state index is 12.1. The van der Waals surface area contributed by atoms with E-state index in [1.165, 1.54) is 24.4 Å². The molecule has 2 amide bonds. The first kappa shape index (κ1) is 21.5. The lowest BCUT2D eigenvalue weighted by atomic mass is 10.2. The first-order chi connectivity index (χ1) is 14.0. The van der Waals surface area contributed by atoms with Crippen LogP contribution in [0, 0.1) is 10.1 Å². The highest BCUT2D eigenvalue weighted by molar-refractivity contribution is 5.96. The second-order valence-electron chi connectivity index (χ2n) is 6.05. The number of rotatable bonds is 10. The molecule has 0 radical (unpaired) electrons. The Morgan fingerprint density at radius 2 is 1.97 bits per heavy atom. The van der Waals surface area contributed by atoms with E-state index in [9.17, 15) is 19.7 Å². The van der Waals surface area contributed by atoms with Gasteiger partial charge in [-0.25, -0.2) is 5.43 Å². The molecule has 0 aliphatic rings. The standard InChI is InChI=1S/C20H22N4O5/c1-2-3-11-29-18-9-7-16(8-10-18)20(26)21-14-19(25)23-22-13-15-5-4-6-17(12-15)24(27)28/h4-10,12-13H,2-3,11,14H2,1H3,(H,21,26)(H,23,25). The van der Waals surface area contributed by atoms with Crippen molar-refractivity contribution in [2.45, 2.75) is 19.8 Å². The number of nitro benzene ring substituents is 1. The topological polar surface area (TPSA) is 123 Å². The summed E-state index contributed by atoms with van der Waals surface area (Å²) in [7, 11) is 0. The number of benzene rings is 2. The van der Waals surface area contributed by atoms with Gasteiger partial charge in [-0.1, -0.05) is 25.5 Å². The van der Waals surface area contributed by atoms with Crippen molar-refractivity contribution < 1.29 is 19.2 Å². The number of hydrogen-bond donors (Lipinski definition) is 2. The van der Waals surface area contributed by atoms with Crippen LogP contribution >= 0.6 is 0 Å². The molecule has 0 saturated heterocycles. The summed E-state index contributed by atoms with van der Waals surface area (Å²) in [6.07, 6.45) is 3.28. The second-order valence-corrected chi connectivity index (χ2v) is 6.05. The zero-order valence-electron chi connectivity index (χ0n) is 16.0. The molecule has 0 spiro atoms. The van der Waals surface area contributed by atoms with Gasteiger partial charge in [0.15, 0.2) is 0 Å². The molecule has 2 N–H and O–H groups in total. The first-order valence-corrected chi connectivity index (χ1v) is 9.07. The van der Waals surface area contributed by atoms with E-state index >= 15 is 0 Å². The number of non-ortho nitro benzene ring substituents is 1. The van der Waals surface area contributed by atoms with Crippen molar-refractivity contribution in [2.24, 2.45) is 5.10 Å². The van der Waals surface area contributed by atoms with Crippen LogP contribution in [0.25, 0.3) is 0 Å². The van der Waals surface area contributed by atoms with E-state index in [4.69, 9.17) is 4.74 Å². The Bertz CT molecular complexity index is 881. The van der Waals surface area contributed by atoms with Crippen molar-refractivity contribution >= 4 is 23.7 Å². The fraction of sp³-hybridized carbons (Fsp3) is 0.250. The molecule has 152 valence electrons. The molecule has 0 atom stereocenters. The molecule has 2 aromatic rings. The summed E-state index contributed by atoms with van der Waals surface area (Å²) >= 11 is 0. The van der Waals surface area contributed by atoms with E-state index in [0.29, 0.717) is 23.5 Å². The van der Waals surface area contributed by atoms with Gasteiger partial charge in [-0.15, -0.1) is 0 Å². The number of hydrogen-bond acceptors (Lipinski definition) is 6. The van der Waals surface area contributed by atoms with Gasteiger partial charge in [-0.05, 0) is 30.7 Å². The third-order valence-corrected chi connectivity index (χ3v) is 3.78. The number of hydrazone groups is 1. The van der Waals surface area contributed by atoms with E-state index in [2.05, 4.69) is 22.8 Å². The van der Waals surface area contributed by atoms with Crippen LogP contribution in [0.3, 0.4) is 0 Å². The summed E-state index contributed by atoms with van der Waals surface area (Å²) in [5.74, 6) is -0.245. The van der Waals surface area contributed by atoms with Crippen molar-refractivity contribution in [2.75, 3.05) is 13.2 Å². The summed E-state index contributed by atoms with van der Waals surface area (Å²) < 4.78 is 5.53. The smallest absolute Gasteiger partial charge is 0.270 e. The molecule has 0 bridgehead atoms. The Kier molecular flexibility index (Phi) is 8.30. The van der Waals surface area contributed by atoms with E-state index in [1.807, 2.05) is 0 Å². The lowest BCUT2D eigenvalue weighted by Crippen LogP contribution is -2.34. The molecule has 0 unspecified atom stereocenters. The molecular formula is C20H22N4O5. The molecule has 0 aliphatic heterocycles. The third-order valence-electron chi connectivity index (χ3n) is 3.78. The van der Waals surface area contributed by atoms with Gasteiger partial charge in [0.05, 0.1) is 24.3 Å². The normalized spacial score (nSPS) is 10.5. The molecule has 9 heteroatoms. The second kappa shape index (κ2) is 11.2. The first-order valence-electron chi connectivity index (χ1n) is 9.07. The number of unbranched alkanes of at least 4 members (excludes halogenated alkanes) is 1. The summed E-state index contributed by atoms with van der Waals surface area (Å²) in [6, 6.07) is 12.5. The van der Waals surface area contributed by atoms with Gasteiger partial charge >= 0.3 is 0 Å². The molecule has 9 nitrogen and oxygen atoms in total. The number of nitrogens with zero attached hydrogens (tertiary/aromatic N) is 2. The van der Waals surface area contributed by atoms with E-state index < -0.39 is 16.7 Å². The van der Waals surface area contributed by atoms with Crippen molar-refractivity contribution in [1.82, 2.24) is 10.7 Å². The molecule has 0 saturated carbocycles. The van der Waals surface area contributed by atoms with Gasteiger partial charge < -0.3 is 10.1 Å². The maximum Gasteiger partial charge on any atom is 0.270 e. The zero-order valence-corrected chi connectivity index (χ0v) is 16.0. The van der Waals surface area contributed by atoms with Crippen molar-refractivity contribution in [1.29, 1.82) is 0 Å². The number of nitrogens with one attached hydrogen (secondary N) is 2. The van der Waals surface area contributed by atoms with Crippen LogP contribution in [-0.2, 0) is 4.79 Å². The third kappa shape index (κ3) is 7.41. The average molecular weight is 398 g/mol. The van der Waals surface area contributed by atoms with Gasteiger partial charge in [0.2, 0.25) is 0 Å². The number of carbonyl (C=O) groups is 2. The van der Waals surface area contributed by atoms with Crippen LogP contribution in [0.4, 0.5) is 5.69 Å². The van der Waals surface area contributed by atoms with E-state index in [0.717, 1.165) is 12.8 Å². The minimum Gasteiger partial charge on any atom is -0.494 e. The number of carbonyl (C=O) groups excluding carboxylic acids is 2. The molecule has 0 aromatic heterocycles. The predicted octanol–water partition coefficient (Wildman–Crippen LogP) is 2.65. The fourth-order valence-electron chi connectivity index (χ4n) is 2.24. The largest absolute Gasteiger partial charge is 0.494 e. The molecule has 29 heavy (non-hydrogen) atoms. The fourth-order valence-corrected chi connectivity index (χ4v) is 2.24. The van der Waals surface area contributed by atoms with Crippen LogP contribution in [0.15, 0.2) is 53.6 Å². The van der Waals surface area contributed by atoms with Gasteiger partial charge in [-0.3, -0.25) is 19.7 Å². The minimum absolute atomic E-state index is 0.0747. The Morgan fingerprint density at radius 3 is 2.66 bits per heavy atom. The molecule has 0 heterocycles. The van der Waals surface area contributed by atoms with Crippen LogP contribution in [-0.4, -0.2) is 36.1 Å². The molecule has 2 aromatic carbocycles. The van der Waals surface area contributed by atoms with E-state index in [-0.39, 0.29) is 12.2 Å². The van der Waals surface area contributed by atoms with Gasteiger partial charge in [0.25, 0.3) is 17.5 Å². The van der Waals surface area contributed by atoms with Crippen LogP contribution < -0.4 is 15.5 Å². The Hall–Kier alpha value is -3.75. The number of ether oxygens (including phenoxy) is 1. The predicted molar refractivity (Wildman–Crippen MR) is 108 cm³/mol. The Balaban J connectivity index is 1.77. The SMILES string of the molecule is CCCCOc1ccc(C(=O)NCC(=O)NN=Cc2cccc([N+](=O)[O-])c2)cc1. The Morgan fingerprint density at radius 1 is 1.21 bits per heavy atom. The number of amides is 2. The van der Waals surface area contributed by atoms with Crippen LogP contribution in [0.2, 0.25) is 0 Å². The summed E-state index contributed by atoms with van der Waals surface area (Å²) in [4.78, 5) is 34.1. The number of nitro groups is 1.